The average molecular weight is 243 g/mol. The molecule has 0 aliphatic heterocycles. The van der Waals surface area contributed by atoms with Crippen LogP contribution in [-0.2, 0) is 19.4 Å². The van der Waals surface area contributed by atoms with Gasteiger partial charge in [-0.05, 0) is 42.7 Å². The van der Waals surface area contributed by atoms with E-state index in [4.69, 9.17) is 10.7 Å². The number of nitrogens with two attached hydrogens (primary N) is 1. The van der Waals surface area contributed by atoms with Gasteiger partial charge in [-0.3, -0.25) is 0 Å². The first kappa shape index (κ1) is 11.7. The van der Waals surface area contributed by atoms with Crippen molar-refractivity contribution >= 4 is 5.65 Å². The molecule has 3 nitrogen and oxygen atoms in total. The van der Waals surface area contributed by atoms with Crippen molar-refractivity contribution in [2.75, 3.05) is 0 Å². The lowest BCUT2D eigenvalue weighted by Crippen LogP contribution is -2.19. The van der Waals surface area contributed by atoms with Crippen LogP contribution in [0.15, 0.2) is 18.3 Å². The van der Waals surface area contributed by atoms with Crippen LogP contribution in [-0.4, -0.2) is 9.38 Å². The van der Waals surface area contributed by atoms with Gasteiger partial charge in [0, 0.05) is 18.4 Å². The summed E-state index contributed by atoms with van der Waals surface area (Å²) in [4.78, 5) is 4.74. The molecule has 0 bridgehead atoms. The largest absolute Gasteiger partial charge is 0.326 e. The van der Waals surface area contributed by atoms with Crippen LogP contribution in [0.2, 0.25) is 0 Å². The van der Waals surface area contributed by atoms with Gasteiger partial charge in [0.2, 0.25) is 0 Å². The lowest BCUT2D eigenvalue weighted by molar-refractivity contribution is 0.337. The molecule has 96 valence electrons. The molecule has 3 rings (SSSR count). The fraction of sp³-hybridized carbons (Fsp3) is 0.533. The van der Waals surface area contributed by atoms with Gasteiger partial charge in [0.25, 0.3) is 0 Å². The van der Waals surface area contributed by atoms with Gasteiger partial charge in [0.1, 0.15) is 5.65 Å². The fourth-order valence-corrected chi connectivity index (χ4v) is 2.96. The zero-order valence-electron chi connectivity index (χ0n) is 11.2. The molecule has 0 saturated heterocycles. The smallest absolute Gasteiger partial charge is 0.137 e. The van der Waals surface area contributed by atoms with Crippen molar-refractivity contribution in [3.8, 4) is 0 Å². The van der Waals surface area contributed by atoms with Crippen LogP contribution in [0.25, 0.3) is 5.65 Å². The van der Waals surface area contributed by atoms with Gasteiger partial charge in [-0.1, -0.05) is 19.9 Å². The first-order chi connectivity index (χ1) is 8.69. The van der Waals surface area contributed by atoms with Crippen LogP contribution < -0.4 is 5.73 Å². The summed E-state index contributed by atoms with van der Waals surface area (Å²) >= 11 is 0. The van der Waals surface area contributed by atoms with E-state index in [1.54, 1.807) is 0 Å². The van der Waals surface area contributed by atoms with E-state index >= 15 is 0 Å². The molecule has 0 fully saturated rings. The number of hydrogen-bond acceptors (Lipinski definition) is 2. The Morgan fingerprint density at radius 3 is 3.00 bits per heavy atom. The number of hydrogen-bond donors (Lipinski definition) is 1. The van der Waals surface area contributed by atoms with Gasteiger partial charge in [0.15, 0.2) is 0 Å². The van der Waals surface area contributed by atoms with Gasteiger partial charge in [-0.15, -0.1) is 0 Å². The van der Waals surface area contributed by atoms with Gasteiger partial charge in [-0.25, -0.2) is 4.98 Å². The highest BCUT2D eigenvalue weighted by atomic mass is 15.0. The molecular formula is C15H21N3. The highest BCUT2D eigenvalue weighted by molar-refractivity contribution is 5.45. The Hall–Kier alpha value is -1.35. The molecule has 2 N–H and O–H groups in total. The third-order valence-electron chi connectivity index (χ3n) is 4.25. The van der Waals surface area contributed by atoms with E-state index in [-0.39, 0.29) is 0 Å². The molecule has 1 aliphatic rings. The van der Waals surface area contributed by atoms with Crippen LogP contribution in [0.3, 0.4) is 0 Å². The topological polar surface area (TPSA) is 43.3 Å². The Balaban J connectivity index is 2.08. The zero-order valence-corrected chi connectivity index (χ0v) is 11.2. The van der Waals surface area contributed by atoms with Crippen LogP contribution in [0.4, 0.5) is 0 Å². The SMILES string of the molecule is CC(C)C1CCc2nc3ccc(CN)cn3c2C1. The first-order valence-corrected chi connectivity index (χ1v) is 6.88. The Kier molecular flexibility index (Phi) is 2.86. The molecule has 18 heavy (non-hydrogen) atoms. The van der Waals surface area contributed by atoms with E-state index < -0.39 is 0 Å². The minimum Gasteiger partial charge on any atom is -0.326 e. The number of pyridine rings is 1. The van der Waals surface area contributed by atoms with Gasteiger partial charge in [0.05, 0.1) is 5.69 Å². The van der Waals surface area contributed by atoms with Gasteiger partial charge in [-0.2, -0.15) is 0 Å². The molecule has 2 heterocycles. The molecule has 0 spiro atoms. The standard InChI is InChI=1S/C15H21N3/c1-10(2)12-4-5-13-14(7-12)18-9-11(8-16)3-6-15(18)17-13/h3,6,9-10,12H,4-5,7-8,16H2,1-2H3. The van der Waals surface area contributed by atoms with Gasteiger partial charge < -0.3 is 10.1 Å². The minimum atomic E-state index is 0.594. The molecule has 1 aliphatic carbocycles. The van der Waals surface area contributed by atoms with E-state index in [1.807, 2.05) is 0 Å². The Bertz CT molecular complexity index is 568. The van der Waals surface area contributed by atoms with Gasteiger partial charge >= 0.3 is 0 Å². The third-order valence-corrected chi connectivity index (χ3v) is 4.25. The lowest BCUT2D eigenvalue weighted by atomic mass is 9.82. The summed E-state index contributed by atoms with van der Waals surface area (Å²) in [6.45, 7) is 5.24. The monoisotopic (exact) mass is 243 g/mol. The third kappa shape index (κ3) is 1.83. The Morgan fingerprint density at radius 1 is 1.44 bits per heavy atom. The summed E-state index contributed by atoms with van der Waals surface area (Å²) in [7, 11) is 0. The first-order valence-electron chi connectivity index (χ1n) is 6.88. The summed E-state index contributed by atoms with van der Waals surface area (Å²) in [5.41, 5.74) is 10.7. The molecule has 3 heteroatoms. The van der Waals surface area contributed by atoms with Crippen molar-refractivity contribution < 1.29 is 0 Å². The molecule has 2 aromatic heterocycles. The molecule has 0 aromatic carbocycles. The normalized spacial score (nSPS) is 19.4. The second-order valence-corrected chi connectivity index (χ2v) is 5.72. The maximum Gasteiger partial charge on any atom is 0.137 e. The van der Waals surface area contributed by atoms with Crippen LogP contribution in [0, 0.1) is 11.8 Å². The summed E-state index contributed by atoms with van der Waals surface area (Å²) in [5.74, 6) is 1.54. The molecule has 2 aromatic rings. The minimum absolute atomic E-state index is 0.594. The summed E-state index contributed by atoms with van der Waals surface area (Å²) in [6, 6.07) is 4.17. The number of fused-ring (bicyclic) bond motifs is 3. The van der Waals surface area contributed by atoms with E-state index in [0.29, 0.717) is 6.54 Å². The van der Waals surface area contributed by atoms with Crippen LogP contribution >= 0.6 is 0 Å². The zero-order chi connectivity index (χ0) is 12.7. The number of imidazole rings is 1. The van der Waals surface area contributed by atoms with Crippen LogP contribution in [0.1, 0.15) is 37.2 Å². The highest BCUT2D eigenvalue weighted by Crippen LogP contribution is 2.30. The lowest BCUT2D eigenvalue weighted by Gasteiger charge is -2.25. The molecule has 0 saturated carbocycles. The second kappa shape index (κ2) is 4.39. The van der Waals surface area contributed by atoms with Crippen molar-refractivity contribution in [1.82, 2.24) is 9.38 Å². The number of aromatic nitrogens is 2. The highest BCUT2D eigenvalue weighted by Gasteiger charge is 2.25. The summed E-state index contributed by atoms with van der Waals surface area (Å²) in [5, 5.41) is 0. The van der Waals surface area contributed by atoms with Crippen molar-refractivity contribution in [3.05, 3.63) is 35.3 Å². The summed E-state index contributed by atoms with van der Waals surface area (Å²) < 4.78 is 2.26. The number of nitrogens with zero attached hydrogens (tertiary/aromatic N) is 2. The van der Waals surface area contributed by atoms with E-state index in [2.05, 4.69) is 36.6 Å². The molecule has 1 unspecified atom stereocenters. The number of rotatable bonds is 2. The summed E-state index contributed by atoms with van der Waals surface area (Å²) in [6.07, 6.45) is 5.71. The van der Waals surface area contributed by atoms with Crippen molar-refractivity contribution in [3.63, 3.8) is 0 Å². The average Bonchev–Trinajstić information content (AvgIpc) is 2.75. The number of aryl methyl sites for hydroxylation is 1. The van der Waals surface area contributed by atoms with E-state index in [1.165, 1.54) is 23.4 Å². The second-order valence-electron chi connectivity index (χ2n) is 5.72. The fourth-order valence-electron chi connectivity index (χ4n) is 2.96. The predicted molar refractivity (Wildman–Crippen MR) is 73.4 cm³/mol. The van der Waals surface area contributed by atoms with E-state index in [0.717, 1.165) is 30.3 Å². The van der Waals surface area contributed by atoms with E-state index in [9.17, 15) is 0 Å². The maximum atomic E-state index is 5.73. The maximum absolute atomic E-state index is 5.73. The quantitative estimate of drug-likeness (QED) is 0.881. The molecule has 0 radical (unpaired) electrons. The van der Waals surface area contributed by atoms with Crippen molar-refractivity contribution in [2.45, 2.75) is 39.7 Å². The molecule has 1 atom stereocenters. The predicted octanol–water partition coefficient (Wildman–Crippen LogP) is 2.55. The van der Waals surface area contributed by atoms with Crippen molar-refractivity contribution in [2.24, 2.45) is 17.6 Å². The van der Waals surface area contributed by atoms with Crippen LogP contribution in [0.5, 0.6) is 0 Å². The Labute approximate surface area is 108 Å². The van der Waals surface area contributed by atoms with Crippen molar-refractivity contribution in [1.29, 1.82) is 0 Å². The molecular weight excluding hydrogens is 222 g/mol. The Morgan fingerprint density at radius 2 is 2.28 bits per heavy atom. The molecule has 0 amide bonds.